The van der Waals surface area contributed by atoms with E-state index in [4.69, 9.17) is 18.0 Å². The highest BCUT2D eigenvalue weighted by atomic mass is 32.1. The van der Waals surface area contributed by atoms with E-state index in [1.54, 1.807) is 17.8 Å². The second-order valence-corrected chi connectivity index (χ2v) is 4.50. The van der Waals surface area contributed by atoms with E-state index in [1.807, 2.05) is 6.92 Å². The topological polar surface area (TPSA) is 72.9 Å². The largest absolute Gasteiger partial charge is 0.393 e. The van der Waals surface area contributed by atoms with Gasteiger partial charge in [-0.05, 0) is 32.3 Å². The molecular weight excluding hydrogens is 236 g/mol. The van der Waals surface area contributed by atoms with Crippen LogP contribution in [0.25, 0.3) is 0 Å². The standard InChI is InChI=1S/C11H18N4OS/c1-8-7-9(15(2)14-8)11(16)13-6-4-3-5-10(12)17/h7H,3-6H2,1-2H3,(H2,12,17)(H,13,16). The minimum atomic E-state index is -0.0941. The second-order valence-electron chi connectivity index (χ2n) is 3.97. The molecule has 0 radical (unpaired) electrons. The first kappa shape index (κ1) is 13.6. The van der Waals surface area contributed by atoms with Gasteiger partial charge in [-0.2, -0.15) is 5.10 Å². The molecule has 1 heterocycles. The predicted molar refractivity (Wildman–Crippen MR) is 70.9 cm³/mol. The molecule has 3 N–H and O–H groups in total. The smallest absolute Gasteiger partial charge is 0.269 e. The molecule has 1 amide bonds. The van der Waals surface area contributed by atoms with E-state index >= 15 is 0 Å². The maximum Gasteiger partial charge on any atom is 0.269 e. The lowest BCUT2D eigenvalue weighted by molar-refractivity contribution is 0.0943. The number of nitrogens with zero attached hydrogens (tertiary/aromatic N) is 2. The molecule has 0 fully saturated rings. The summed E-state index contributed by atoms with van der Waals surface area (Å²) < 4.78 is 1.58. The van der Waals surface area contributed by atoms with Crippen LogP contribution in [0, 0.1) is 6.92 Å². The number of carbonyl (C=O) groups excluding carboxylic acids is 1. The van der Waals surface area contributed by atoms with Gasteiger partial charge in [0.15, 0.2) is 0 Å². The van der Waals surface area contributed by atoms with E-state index in [0.717, 1.165) is 25.0 Å². The fraction of sp³-hybridized carbons (Fsp3) is 0.545. The van der Waals surface area contributed by atoms with Crippen molar-refractivity contribution in [1.82, 2.24) is 15.1 Å². The van der Waals surface area contributed by atoms with Crippen LogP contribution in [0.5, 0.6) is 0 Å². The molecule has 0 aliphatic rings. The van der Waals surface area contributed by atoms with Crippen LogP contribution in [0.3, 0.4) is 0 Å². The number of hydrogen-bond acceptors (Lipinski definition) is 3. The number of carbonyl (C=O) groups is 1. The van der Waals surface area contributed by atoms with E-state index in [9.17, 15) is 4.79 Å². The first-order chi connectivity index (χ1) is 8.00. The monoisotopic (exact) mass is 254 g/mol. The number of amides is 1. The predicted octanol–water partition coefficient (Wildman–Crippen LogP) is 0.915. The van der Waals surface area contributed by atoms with Crippen molar-refractivity contribution in [3.8, 4) is 0 Å². The summed E-state index contributed by atoms with van der Waals surface area (Å²) in [4.78, 5) is 12.3. The van der Waals surface area contributed by atoms with Crippen LogP contribution in [0.15, 0.2) is 6.07 Å². The zero-order valence-electron chi connectivity index (χ0n) is 10.2. The summed E-state index contributed by atoms with van der Waals surface area (Å²) in [5.74, 6) is -0.0941. The third-order valence-corrected chi connectivity index (χ3v) is 2.57. The minimum Gasteiger partial charge on any atom is -0.393 e. The number of hydrogen-bond donors (Lipinski definition) is 2. The molecule has 0 bridgehead atoms. The third kappa shape index (κ3) is 4.52. The highest BCUT2D eigenvalue weighted by Crippen LogP contribution is 2.01. The lowest BCUT2D eigenvalue weighted by atomic mass is 10.2. The summed E-state index contributed by atoms with van der Waals surface area (Å²) in [7, 11) is 1.76. The Bertz CT molecular complexity index is 414. The van der Waals surface area contributed by atoms with E-state index < -0.39 is 0 Å². The number of aryl methyl sites for hydroxylation is 2. The zero-order valence-corrected chi connectivity index (χ0v) is 11.0. The SMILES string of the molecule is Cc1cc(C(=O)NCCCCC(N)=S)n(C)n1. The number of unbranched alkanes of at least 4 members (excludes halogenated alkanes) is 1. The molecule has 0 saturated carbocycles. The van der Waals surface area contributed by atoms with Crippen molar-refractivity contribution in [2.45, 2.75) is 26.2 Å². The van der Waals surface area contributed by atoms with E-state index in [2.05, 4.69) is 10.4 Å². The van der Waals surface area contributed by atoms with Gasteiger partial charge in [0, 0.05) is 13.6 Å². The number of thiocarbonyl (C=S) groups is 1. The van der Waals surface area contributed by atoms with Crippen molar-refractivity contribution in [1.29, 1.82) is 0 Å². The quantitative estimate of drug-likeness (QED) is 0.585. The second kappa shape index (κ2) is 6.34. The van der Waals surface area contributed by atoms with Crippen molar-refractivity contribution in [2.24, 2.45) is 12.8 Å². The molecule has 0 aliphatic heterocycles. The average Bonchev–Trinajstić information content (AvgIpc) is 2.56. The van der Waals surface area contributed by atoms with Crippen molar-refractivity contribution in [3.05, 3.63) is 17.5 Å². The van der Waals surface area contributed by atoms with Gasteiger partial charge >= 0.3 is 0 Å². The number of aromatic nitrogens is 2. The molecule has 0 atom stereocenters. The number of nitrogens with one attached hydrogen (secondary N) is 1. The zero-order chi connectivity index (χ0) is 12.8. The molecule has 0 unspecified atom stereocenters. The Labute approximate surface area is 106 Å². The summed E-state index contributed by atoms with van der Waals surface area (Å²) >= 11 is 4.77. The average molecular weight is 254 g/mol. The molecule has 6 heteroatoms. The van der Waals surface area contributed by atoms with E-state index in [-0.39, 0.29) is 5.91 Å². The van der Waals surface area contributed by atoms with Crippen LogP contribution in [-0.4, -0.2) is 27.2 Å². The van der Waals surface area contributed by atoms with Gasteiger partial charge in [-0.25, -0.2) is 0 Å². The minimum absolute atomic E-state index is 0.0941. The first-order valence-electron chi connectivity index (χ1n) is 5.58. The first-order valence-corrected chi connectivity index (χ1v) is 5.98. The van der Waals surface area contributed by atoms with Gasteiger partial charge in [0.1, 0.15) is 5.69 Å². The summed E-state index contributed by atoms with van der Waals surface area (Å²) in [6, 6.07) is 1.77. The number of nitrogens with two attached hydrogens (primary N) is 1. The van der Waals surface area contributed by atoms with Gasteiger partial charge in [0.2, 0.25) is 0 Å². The summed E-state index contributed by atoms with van der Waals surface area (Å²) in [6.07, 6.45) is 2.51. The van der Waals surface area contributed by atoms with E-state index in [1.165, 1.54) is 0 Å². The molecule has 0 spiro atoms. The van der Waals surface area contributed by atoms with Gasteiger partial charge in [-0.1, -0.05) is 12.2 Å². The van der Waals surface area contributed by atoms with Crippen LogP contribution in [0.2, 0.25) is 0 Å². The number of rotatable bonds is 6. The molecule has 0 saturated heterocycles. The Morgan fingerprint density at radius 3 is 2.82 bits per heavy atom. The van der Waals surface area contributed by atoms with Crippen LogP contribution >= 0.6 is 12.2 Å². The highest BCUT2D eigenvalue weighted by Gasteiger charge is 2.10. The summed E-state index contributed by atoms with van der Waals surface area (Å²) in [5, 5.41) is 6.96. The molecular formula is C11H18N4OS. The lowest BCUT2D eigenvalue weighted by Gasteiger charge is -2.04. The van der Waals surface area contributed by atoms with Gasteiger partial charge in [-0.15, -0.1) is 0 Å². The maximum absolute atomic E-state index is 11.8. The highest BCUT2D eigenvalue weighted by molar-refractivity contribution is 7.80. The van der Waals surface area contributed by atoms with Gasteiger partial charge < -0.3 is 11.1 Å². The Hall–Kier alpha value is -1.43. The van der Waals surface area contributed by atoms with Crippen LogP contribution in [0.4, 0.5) is 0 Å². The van der Waals surface area contributed by atoms with Crippen LogP contribution < -0.4 is 11.1 Å². The molecule has 5 nitrogen and oxygen atoms in total. The maximum atomic E-state index is 11.8. The molecule has 1 aromatic heterocycles. The van der Waals surface area contributed by atoms with Crippen molar-refractivity contribution >= 4 is 23.1 Å². The van der Waals surface area contributed by atoms with Crippen molar-refractivity contribution < 1.29 is 4.79 Å². The van der Waals surface area contributed by atoms with Gasteiger partial charge in [-0.3, -0.25) is 9.48 Å². The molecule has 1 rings (SSSR count). The summed E-state index contributed by atoms with van der Waals surface area (Å²) in [5.41, 5.74) is 6.80. The van der Waals surface area contributed by atoms with Crippen molar-refractivity contribution in [2.75, 3.05) is 6.54 Å². The lowest BCUT2D eigenvalue weighted by Crippen LogP contribution is -2.26. The molecule has 94 valence electrons. The van der Waals surface area contributed by atoms with Gasteiger partial charge in [0.05, 0.1) is 10.7 Å². The fourth-order valence-corrected chi connectivity index (χ4v) is 1.68. The molecule has 1 aromatic rings. The van der Waals surface area contributed by atoms with Gasteiger partial charge in [0.25, 0.3) is 5.91 Å². The summed E-state index contributed by atoms with van der Waals surface area (Å²) in [6.45, 7) is 2.49. The molecule has 0 aliphatic carbocycles. The Kier molecular flexibility index (Phi) is 5.09. The van der Waals surface area contributed by atoms with Crippen molar-refractivity contribution in [3.63, 3.8) is 0 Å². The Balaban J connectivity index is 2.30. The normalized spacial score (nSPS) is 10.2. The van der Waals surface area contributed by atoms with Crippen LogP contribution in [0.1, 0.15) is 35.4 Å². The van der Waals surface area contributed by atoms with E-state index in [0.29, 0.717) is 17.2 Å². The molecule has 17 heavy (non-hydrogen) atoms. The van der Waals surface area contributed by atoms with Crippen LogP contribution in [-0.2, 0) is 7.05 Å². The fourth-order valence-electron chi connectivity index (χ4n) is 1.54. The molecule has 0 aromatic carbocycles. The Morgan fingerprint density at radius 1 is 1.59 bits per heavy atom. The Morgan fingerprint density at radius 2 is 2.29 bits per heavy atom. The third-order valence-electron chi connectivity index (χ3n) is 2.37.